The molecule has 2 aromatic rings. The Balaban J connectivity index is 2.27. The van der Waals surface area contributed by atoms with Crippen molar-refractivity contribution in [2.24, 2.45) is 0 Å². The largest absolute Gasteiger partial charge is 0.469 e. The zero-order chi connectivity index (χ0) is 12.1. The molecule has 3 heteroatoms. The van der Waals surface area contributed by atoms with Crippen molar-refractivity contribution in [1.82, 2.24) is 4.98 Å². The van der Waals surface area contributed by atoms with Crippen LogP contribution in [0.4, 0.5) is 0 Å². The molecule has 0 N–H and O–H groups in total. The van der Waals surface area contributed by atoms with E-state index in [2.05, 4.69) is 9.72 Å². The summed E-state index contributed by atoms with van der Waals surface area (Å²) in [5.41, 5.74) is 1.08. The fourth-order valence-corrected chi connectivity index (χ4v) is 1.66. The van der Waals surface area contributed by atoms with Crippen LogP contribution in [0.5, 0.6) is 0 Å². The molecule has 2 rings (SSSR count). The molecular formula is C14H13NO2. The van der Waals surface area contributed by atoms with Gasteiger partial charge < -0.3 is 4.74 Å². The van der Waals surface area contributed by atoms with Crippen LogP contribution in [0.25, 0.3) is 16.8 Å². The molecule has 0 aliphatic carbocycles. The Kier molecular flexibility index (Phi) is 3.50. The van der Waals surface area contributed by atoms with Crippen LogP contribution in [0.3, 0.4) is 0 Å². The SMILES string of the molecule is COC(=O)CC=Cc1cccc2cnccc12. The van der Waals surface area contributed by atoms with E-state index in [1.54, 1.807) is 12.3 Å². The van der Waals surface area contributed by atoms with Gasteiger partial charge in [-0.2, -0.15) is 0 Å². The third-order valence-corrected chi connectivity index (χ3v) is 2.52. The zero-order valence-corrected chi connectivity index (χ0v) is 9.59. The van der Waals surface area contributed by atoms with Gasteiger partial charge in [-0.1, -0.05) is 30.4 Å². The second-order valence-electron chi connectivity index (χ2n) is 3.63. The van der Waals surface area contributed by atoms with E-state index < -0.39 is 0 Å². The number of benzene rings is 1. The summed E-state index contributed by atoms with van der Waals surface area (Å²) in [4.78, 5) is 15.1. The number of nitrogens with zero attached hydrogens (tertiary/aromatic N) is 1. The highest BCUT2D eigenvalue weighted by Crippen LogP contribution is 2.18. The predicted octanol–water partition coefficient (Wildman–Crippen LogP) is 2.81. The van der Waals surface area contributed by atoms with Crippen LogP contribution in [0.15, 0.2) is 42.7 Å². The van der Waals surface area contributed by atoms with Gasteiger partial charge in [0.15, 0.2) is 0 Å². The molecule has 0 aliphatic heterocycles. The molecule has 0 fully saturated rings. The van der Waals surface area contributed by atoms with E-state index >= 15 is 0 Å². The Hall–Kier alpha value is -2.16. The van der Waals surface area contributed by atoms with Gasteiger partial charge in [0.1, 0.15) is 0 Å². The van der Waals surface area contributed by atoms with E-state index in [9.17, 15) is 4.79 Å². The number of pyridine rings is 1. The van der Waals surface area contributed by atoms with Crippen molar-refractivity contribution in [3.05, 3.63) is 48.3 Å². The van der Waals surface area contributed by atoms with E-state index in [1.807, 2.05) is 36.5 Å². The summed E-state index contributed by atoms with van der Waals surface area (Å²) >= 11 is 0. The Morgan fingerprint density at radius 1 is 1.41 bits per heavy atom. The number of hydrogen-bond acceptors (Lipinski definition) is 3. The summed E-state index contributed by atoms with van der Waals surface area (Å²) in [5, 5.41) is 2.22. The molecule has 1 aromatic carbocycles. The zero-order valence-electron chi connectivity index (χ0n) is 9.59. The molecule has 0 unspecified atom stereocenters. The average Bonchev–Trinajstić information content (AvgIpc) is 2.39. The molecule has 1 heterocycles. The van der Waals surface area contributed by atoms with Gasteiger partial charge in [0, 0.05) is 17.8 Å². The smallest absolute Gasteiger partial charge is 0.309 e. The van der Waals surface area contributed by atoms with Crippen molar-refractivity contribution < 1.29 is 9.53 Å². The van der Waals surface area contributed by atoms with Gasteiger partial charge >= 0.3 is 5.97 Å². The van der Waals surface area contributed by atoms with E-state index in [-0.39, 0.29) is 12.4 Å². The third-order valence-electron chi connectivity index (χ3n) is 2.52. The lowest BCUT2D eigenvalue weighted by Gasteiger charge is -2.00. The molecule has 0 bridgehead atoms. The fourth-order valence-electron chi connectivity index (χ4n) is 1.66. The quantitative estimate of drug-likeness (QED) is 0.757. The number of fused-ring (bicyclic) bond motifs is 1. The minimum Gasteiger partial charge on any atom is -0.469 e. The normalized spacial score (nSPS) is 10.9. The van der Waals surface area contributed by atoms with Crippen molar-refractivity contribution in [3.8, 4) is 0 Å². The van der Waals surface area contributed by atoms with E-state index in [1.165, 1.54) is 7.11 Å². The van der Waals surface area contributed by atoms with Crippen LogP contribution >= 0.6 is 0 Å². The van der Waals surface area contributed by atoms with Crippen molar-refractivity contribution in [1.29, 1.82) is 0 Å². The van der Waals surface area contributed by atoms with Gasteiger partial charge in [-0.15, -0.1) is 0 Å². The monoisotopic (exact) mass is 227 g/mol. The van der Waals surface area contributed by atoms with Crippen molar-refractivity contribution in [2.75, 3.05) is 7.11 Å². The number of methoxy groups -OCH3 is 1. The number of carbonyl (C=O) groups excluding carboxylic acids is 1. The number of ether oxygens (including phenoxy) is 1. The van der Waals surface area contributed by atoms with Gasteiger partial charge in [0.2, 0.25) is 0 Å². The maximum atomic E-state index is 11.0. The molecule has 0 saturated carbocycles. The van der Waals surface area contributed by atoms with Crippen LogP contribution < -0.4 is 0 Å². The fraction of sp³-hybridized carbons (Fsp3) is 0.143. The van der Waals surface area contributed by atoms with Crippen LogP contribution in [0.1, 0.15) is 12.0 Å². The van der Waals surface area contributed by atoms with Gasteiger partial charge in [0.05, 0.1) is 13.5 Å². The second kappa shape index (κ2) is 5.25. The standard InChI is InChI=1S/C14H13NO2/c1-17-14(16)7-3-5-11-4-2-6-12-10-15-9-8-13(11)12/h2-6,8-10H,7H2,1H3. The van der Waals surface area contributed by atoms with Gasteiger partial charge in [0.25, 0.3) is 0 Å². The first kappa shape index (κ1) is 11.3. The van der Waals surface area contributed by atoms with E-state index in [4.69, 9.17) is 0 Å². The summed E-state index contributed by atoms with van der Waals surface area (Å²) in [5.74, 6) is -0.233. The first-order chi connectivity index (χ1) is 8.31. The number of hydrogen-bond donors (Lipinski definition) is 0. The minimum absolute atomic E-state index is 0.233. The molecule has 3 nitrogen and oxygen atoms in total. The molecule has 0 saturated heterocycles. The number of rotatable bonds is 3. The lowest BCUT2D eigenvalue weighted by atomic mass is 10.1. The minimum atomic E-state index is -0.233. The Bertz CT molecular complexity index is 556. The van der Waals surface area contributed by atoms with Crippen LogP contribution in [0.2, 0.25) is 0 Å². The maximum absolute atomic E-state index is 11.0. The first-order valence-corrected chi connectivity index (χ1v) is 5.37. The number of esters is 1. The molecular weight excluding hydrogens is 214 g/mol. The predicted molar refractivity (Wildman–Crippen MR) is 67.4 cm³/mol. The average molecular weight is 227 g/mol. The Morgan fingerprint density at radius 3 is 3.12 bits per heavy atom. The van der Waals surface area contributed by atoms with E-state index in [0.717, 1.165) is 16.3 Å². The van der Waals surface area contributed by atoms with Gasteiger partial charge in [-0.25, -0.2) is 0 Å². The van der Waals surface area contributed by atoms with Crippen molar-refractivity contribution in [3.63, 3.8) is 0 Å². The van der Waals surface area contributed by atoms with Crippen molar-refractivity contribution in [2.45, 2.75) is 6.42 Å². The number of aromatic nitrogens is 1. The van der Waals surface area contributed by atoms with Crippen LogP contribution in [-0.2, 0) is 9.53 Å². The summed E-state index contributed by atoms with van der Waals surface area (Å²) in [7, 11) is 1.39. The van der Waals surface area contributed by atoms with Crippen LogP contribution in [-0.4, -0.2) is 18.1 Å². The highest BCUT2D eigenvalue weighted by Gasteiger charge is 1.98. The summed E-state index contributed by atoms with van der Waals surface area (Å²) in [6.07, 6.45) is 7.62. The van der Waals surface area contributed by atoms with Crippen molar-refractivity contribution >= 4 is 22.8 Å². The van der Waals surface area contributed by atoms with Crippen LogP contribution in [0, 0.1) is 0 Å². The number of carbonyl (C=O) groups is 1. The Labute approximate surface area is 99.7 Å². The molecule has 0 atom stereocenters. The summed E-state index contributed by atoms with van der Waals surface area (Å²) < 4.78 is 4.58. The van der Waals surface area contributed by atoms with Gasteiger partial charge in [-0.05, 0) is 17.0 Å². The lowest BCUT2D eigenvalue weighted by Crippen LogP contribution is -1.96. The highest BCUT2D eigenvalue weighted by atomic mass is 16.5. The van der Waals surface area contributed by atoms with E-state index in [0.29, 0.717) is 0 Å². The molecule has 0 aliphatic rings. The molecule has 0 spiro atoms. The topological polar surface area (TPSA) is 39.2 Å². The van der Waals surface area contributed by atoms with Gasteiger partial charge in [-0.3, -0.25) is 9.78 Å². The maximum Gasteiger partial charge on any atom is 0.309 e. The lowest BCUT2D eigenvalue weighted by molar-refractivity contribution is -0.139. The summed E-state index contributed by atoms with van der Waals surface area (Å²) in [6.45, 7) is 0. The molecule has 0 radical (unpaired) electrons. The summed E-state index contributed by atoms with van der Waals surface area (Å²) in [6, 6.07) is 7.96. The Morgan fingerprint density at radius 2 is 2.29 bits per heavy atom. The molecule has 0 amide bonds. The highest BCUT2D eigenvalue weighted by molar-refractivity contribution is 5.90. The first-order valence-electron chi connectivity index (χ1n) is 5.37. The third kappa shape index (κ3) is 2.69. The molecule has 86 valence electrons. The molecule has 1 aromatic heterocycles. The molecule has 17 heavy (non-hydrogen) atoms. The second-order valence-corrected chi connectivity index (χ2v) is 3.63.